The fraction of sp³-hybridized carbons (Fsp3) is 0.588. The number of carbonyl (C=O) groups is 1. The number of carbonyl (C=O) groups excluding carboxylic acids is 1. The number of sulfonamides is 1. The van der Waals surface area contributed by atoms with Gasteiger partial charge in [0.05, 0.1) is 24.7 Å². The van der Waals surface area contributed by atoms with Crippen molar-refractivity contribution in [2.75, 3.05) is 46.0 Å². The van der Waals surface area contributed by atoms with E-state index in [1.54, 1.807) is 12.1 Å². The minimum absolute atomic E-state index is 0.204. The van der Waals surface area contributed by atoms with Gasteiger partial charge in [0.15, 0.2) is 11.5 Å². The Balaban J connectivity index is 1.47. The highest BCUT2D eigenvalue weighted by Gasteiger charge is 2.36. The van der Waals surface area contributed by atoms with Crippen LogP contribution in [0.4, 0.5) is 0 Å². The zero-order valence-corrected chi connectivity index (χ0v) is 15.2. The number of cyclic esters (lactones) is 1. The van der Waals surface area contributed by atoms with Crippen molar-refractivity contribution in [1.29, 1.82) is 0 Å². The van der Waals surface area contributed by atoms with Crippen molar-refractivity contribution in [2.24, 2.45) is 0 Å². The highest BCUT2D eigenvalue weighted by atomic mass is 32.2. The molecule has 3 aliphatic heterocycles. The summed E-state index contributed by atoms with van der Waals surface area (Å²) >= 11 is 0. The van der Waals surface area contributed by atoms with Crippen LogP contribution < -0.4 is 9.47 Å². The molecular formula is C17H22N2O6S. The SMILES string of the molecule is O=C1OCC[C@@H]1N1CCN(S(=O)(=O)c2ccc3c(c2)OCCCO3)CC1. The summed E-state index contributed by atoms with van der Waals surface area (Å²) in [6.45, 7) is 3.24. The average Bonchev–Trinajstić information content (AvgIpc) is 2.94. The van der Waals surface area contributed by atoms with Crippen molar-refractivity contribution in [3.63, 3.8) is 0 Å². The van der Waals surface area contributed by atoms with Gasteiger partial charge >= 0.3 is 5.97 Å². The van der Waals surface area contributed by atoms with Crippen LogP contribution in [-0.2, 0) is 19.6 Å². The first-order chi connectivity index (χ1) is 12.6. The lowest BCUT2D eigenvalue weighted by Crippen LogP contribution is -2.52. The summed E-state index contributed by atoms with van der Waals surface area (Å²) in [6.07, 6.45) is 1.44. The summed E-state index contributed by atoms with van der Waals surface area (Å²) in [5.74, 6) is 0.839. The molecule has 1 atom stereocenters. The van der Waals surface area contributed by atoms with Gasteiger partial charge in [-0.2, -0.15) is 4.31 Å². The Labute approximate surface area is 152 Å². The highest BCUT2D eigenvalue weighted by molar-refractivity contribution is 7.89. The third-order valence-electron chi connectivity index (χ3n) is 4.98. The number of esters is 1. The first-order valence-corrected chi connectivity index (χ1v) is 10.3. The predicted octanol–water partition coefficient (Wildman–Crippen LogP) is 0.470. The molecule has 4 rings (SSSR count). The number of nitrogens with zero attached hydrogens (tertiary/aromatic N) is 2. The van der Waals surface area contributed by atoms with Crippen LogP contribution in [0.5, 0.6) is 11.5 Å². The maximum absolute atomic E-state index is 13.0. The largest absolute Gasteiger partial charge is 0.490 e. The summed E-state index contributed by atoms with van der Waals surface area (Å²) in [4.78, 5) is 13.9. The lowest BCUT2D eigenvalue weighted by Gasteiger charge is -2.35. The van der Waals surface area contributed by atoms with Crippen LogP contribution in [0.3, 0.4) is 0 Å². The molecule has 0 N–H and O–H groups in total. The van der Waals surface area contributed by atoms with E-state index in [0.717, 1.165) is 6.42 Å². The second-order valence-corrected chi connectivity index (χ2v) is 8.51. The number of rotatable bonds is 3. The Kier molecular flexibility index (Phi) is 4.76. The summed E-state index contributed by atoms with van der Waals surface area (Å²) in [5.41, 5.74) is 0. The van der Waals surface area contributed by atoms with E-state index >= 15 is 0 Å². The Morgan fingerprint density at radius 3 is 2.35 bits per heavy atom. The molecule has 8 nitrogen and oxygen atoms in total. The van der Waals surface area contributed by atoms with E-state index in [1.807, 2.05) is 4.90 Å². The van der Waals surface area contributed by atoms with Crippen molar-refractivity contribution in [3.05, 3.63) is 18.2 Å². The second-order valence-electron chi connectivity index (χ2n) is 6.57. The first-order valence-electron chi connectivity index (χ1n) is 8.86. The molecule has 1 aromatic carbocycles. The quantitative estimate of drug-likeness (QED) is 0.703. The minimum Gasteiger partial charge on any atom is -0.490 e. The predicted molar refractivity (Wildman–Crippen MR) is 91.7 cm³/mol. The molecule has 0 amide bonds. The van der Waals surface area contributed by atoms with Gasteiger partial charge in [0.25, 0.3) is 0 Å². The Bertz CT molecular complexity index is 788. The first kappa shape index (κ1) is 17.6. The van der Waals surface area contributed by atoms with Crippen LogP contribution in [0.1, 0.15) is 12.8 Å². The van der Waals surface area contributed by atoms with E-state index in [9.17, 15) is 13.2 Å². The molecule has 1 aromatic rings. The molecule has 142 valence electrons. The topological polar surface area (TPSA) is 85.4 Å². The molecule has 2 fully saturated rings. The van der Waals surface area contributed by atoms with Crippen molar-refractivity contribution < 1.29 is 27.4 Å². The fourth-order valence-corrected chi connectivity index (χ4v) is 4.96. The zero-order chi connectivity index (χ0) is 18.1. The van der Waals surface area contributed by atoms with E-state index in [-0.39, 0.29) is 16.9 Å². The van der Waals surface area contributed by atoms with Gasteiger partial charge in [-0.1, -0.05) is 0 Å². The van der Waals surface area contributed by atoms with Crippen molar-refractivity contribution in [2.45, 2.75) is 23.8 Å². The second kappa shape index (κ2) is 7.05. The monoisotopic (exact) mass is 382 g/mol. The highest BCUT2D eigenvalue weighted by Crippen LogP contribution is 2.33. The Morgan fingerprint density at radius 2 is 1.65 bits per heavy atom. The fourth-order valence-electron chi connectivity index (χ4n) is 3.53. The Morgan fingerprint density at radius 1 is 0.923 bits per heavy atom. The molecule has 3 heterocycles. The molecule has 0 radical (unpaired) electrons. The third-order valence-corrected chi connectivity index (χ3v) is 6.87. The van der Waals surface area contributed by atoms with Gasteiger partial charge in [0.1, 0.15) is 6.04 Å². The number of benzene rings is 1. The van der Waals surface area contributed by atoms with E-state index in [2.05, 4.69) is 0 Å². The molecule has 0 bridgehead atoms. The lowest BCUT2D eigenvalue weighted by atomic mass is 10.2. The number of hydrogen-bond acceptors (Lipinski definition) is 7. The minimum atomic E-state index is -3.61. The maximum Gasteiger partial charge on any atom is 0.323 e. The zero-order valence-electron chi connectivity index (χ0n) is 14.4. The molecule has 26 heavy (non-hydrogen) atoms. The summed E-state index contributed by atoms with van der Waals surface area (Å²) in [5, 5.41) is 0. The third kappa shape index (κ3) is 3.26. The van der Waals surface area contributed by atoms with Crippen molar-refractivity contribution >= 4 is 16.0 Å². The summed E-state index contributed by atoms with van der Waals surface area (Å²) in [7, 11) is -3.61. The van der Waals surface area contributed by atoms with E-state index in [1.165, 1.54) is 10.4 Å². The molecule has 3 aliphatic rings. The lowest BCUT2D eigenvalue weighted by molar-refractivity contribution is -0.142. The van der Waals surface area contributed by atoms with Gasteiger partial charge < -0.3 is 14.2 Å². The van der Waals surface area contributed by atoms with Crippen LogP contribution in [0.2, 0.25) is 0 Å². The average molecular weight is 382 g/mol. The van der Waals surface area contributed by atoms with E-state index in [4.69, 9.17) is 14.2 Å². The van der Waals surface area contributed by atoms with Crippen LogP contribution in [0.15, 0.2) is 23.1 Å². The van der Waals surface area contributed by atoms with Crippen LogP contribution in [0, 0.1) is 0 Å². The van der Waals surface area contributed by atoms with Crippen LogP contribution in [-0.4, -0.2) is 75.6 Å². The van der Waals surface area contributed by atoms with E-state index in [0.29, 0.717) is 63.9 Å². The summed E-state index contributed by atoms with van der Waals surface area (Å²) < 4.78 is 43.6. The number of fused-ring (bicyclic) bond motifs is 1. The van der Waals surface area contributed by atoms with Crippen molar-refractivity contribution in [1.82, 2.24) is 9.21 Å². The summed E-state index contributed by atoms with van der Waals surface area (Å²) in [6, 6.07) is 4.51. The van der Waals surface area contributed by atoms with Crippen LogP contribution >= 0.6 is 0 Å². The van der Waals surface area contributed by atoms with Gasteiger partial charge in [-0.05, 0) is 12.1 Å². The molecular weight excluding hydrogens is 360 g/mol. The maximum atomic E-state index is 13.0. The molecule has 0 aliphatic carbocycles. The van der Waals surface area contributed by atoms with E-state index < -0.39 is 10.0 Å². The molecule has 2 saturated heterocycles. The number of piperazine rings is 1. The molecule has 0 spiro atoms. The molecule has 0 unspecified atom stereocenters. The Hall–Kier alpha value is -1.84. The molecule has 0 aromatic heterocycles. The molecule has 9 heteroatoms. The van der Waals surface area contributed by atoms with Gasteiger partial charge in [0.2, 0.25) is 10.0 Å². The number of ether oxygens (including phenoxy) is 3. The standard InChI is InChI=1S/C17H22N2O6S/c20-17-14(4-11-25-17)18-5-7-19(8-6-18)26(21,22)13-2-3-15-16(12-13)24-10-1-9-23-15/h2-3,12,14H,1,4-11H2/t14-/m0/s1. The van der Waals surface area contributed by atoms with Crippen molar-refractivity contribution in [3.8, 4) is 11.5 Å². The smallest absolute Gasteiger partial charge is 0.323 e. The van der Waals surface area contributed by atoms with Gasteiger partial charge in [-0.25, -0.2) is 8.42 Å². The normalized spacial score (nSPS) is 24.9. The van der Waals surface area contributed by atoms with Gasteiger partial charge in [-0.15, -0.1) is 0 Å². The van der Waals surface area contributed by atoms with Gasteiger partial charge in [-0.3, -0.25) is 9.69 Å². The van der Waals surface area contributed by atoms with Gasteiger partial charge in [0, 0.05) is 45.1 Å². The number of hydrogen-bond donors (Lipinski definition) is 0. The molecule has 0 saturated carbocycles. The van der Waals surface area contributed by atoms with Crippen LogP contribution in [0.25, 0.3) is 0 Å².